The van der Waals surface area contributed by atoms with Crippen molar-refractivity contribution in [1.29, 1.82) is 0 Å². The van der Waals surface area contributed by atoms with Crippen LogP contribution in [0.5, 0.6) is 0 Å². The van der Waals surface area contributed by atoms with Crippen molar-refractivity contribution in [1.82, 2.24) is 5.32 Å². The highest BCUT2D eigenvalue weighted by atomic mass is 35.5. The zero-order valence-corrected chi connectivity index (χ0v) is 12.4. The summed E-state index contributed by atoms with van der Waals surface area (Å²) in [7, 11) is 2.12. The van der Waals surface area contributed by atoms with Crippen molar-refractivity contribution in [2.45, 2.75) is 19.5 Å². The molecule has 2 aromatic carbocycles. The predicted octanol–water partition coefficient (Wildman–Crippen LogP) is 3.64. The molecule has 0 amide bonds. The van der Waals surface area contributed by atoms with Crippen molar-refractivity contribution in [3.8, 4) is 0 Å². The number of anilines is 1. The molecule has 103 valence electrons. The van der Waals surface area contributed by atoms with Crippen LogP contribution >= 0.6 is 11.6 Å². The second kappa shape index (κ2) is 5.86. The Hall–Kier alpha value is -1.51. The zero-order chi connectivity index (χ0) is 13.9. The number of halogens is 1. The molecule has 0 N–H and O–H groups in total. The Labute approximate surface area is 125 Å². The van der Waals surface area contributed by atoms with E-state index in [2.05, 4.69) is 47.6 Å². The van der Waals surface area contributed by atoms with Crippen LogP contribution in [0.4, 0.5) is 5.69 Å². The van der Waals surface area contributed by atoms with Gasteiger partial charge in [0.05, 0.1) is 0 Å². The van der Waals surface area contributed by atoms with E-state index in [1.165, 1.54) is 22.4 Å². The number of hydrogen-bond donors (Lipinski definition) is 0. The molecule has 20 heavy (non-hydrogen) atoms. The Morgan fingerprint density at radius 3 is 2.70 bits per heavy atom. The van der Waals surface area contributed by atoms with Gasteiger partial charge in [0.15, 0.2) is 0 Å². The summed E-state index contributed by atoms with van der Waals surface area (Å²) in [5, 5.41) is 5.26. The molecule has 1 radical (unpaired) electrons. The van der Waals surface area contributed by atoms with E-state index in [0.29, 0.717) is 0 Å². The predicted molar refractivity (Wildman–Crippen MR) is 84.4 cm³/mol. The Kier molecular flexibility index (Phi) is 3.95. The van der Waals surface area contributed by atoms with E-state index in [0.717, 1.165) is 31.1 Å². The van der Waals surface area contributed by atoms with Crippen LogP contribution in [0.3, 0.4) is 0 Å². The minimum Gasteiger partial charge on any atom is -0.370 e. The maximum atomic E-state index is 5.92. The normalized spacial score (nSPS) is 13.9. The lowest BCUT2D eigenvalue weighted by Gasteiger charge is -2.23. The van der Waals surface area contributed by atoms with E-state index >= 15 is 0 Å². The molecular formula is C17H18ClN2. The Morgan fingerprint density at radius 2 is 1.90 bits per heavy atom. The van der Waals surface area contributed by atoms with Crippen LogP contribution < -0.4 is 10.2 Å². The summed E-state index contributed by atoms with van der Waals surface area (Å²) in [5.41, 5.74) is 5.33. The second-order valence-corrected chi connectivity index (χ2v) is 5.73. The molecule has 0 aromatic heterocycles. The van der Waals surface area contributed by atoms with Crippen LogP contribution in [0.25, 0.3) is 0 Å². The third kappa shape index (κ3) is 2.97. The maximum Gasteiger partial charge on any atom is 0.0426 e. The van der Waals surface area contributed by atoms with Crippen molar-refractivity contribution in [2.75, 3.05) is 18.5 Å². The van der Waals surface area contributed by atoms with Gasteiger partial charge in [0.25, 0.3) is 0 Å². The monoisotopic (exact) mass is 285 g/mol. The van der Waals surface area contributed by atoms with E-state index in [9.17, 15) is 0 Å². The summed E-state index contributed by atoms with van der Waals surface area (Å²) < 4.78 is 0. The Balaban J connectivity index is 1.76. The van der Waals surface area contributed by atoms with Crippen molar-refractivity contribution >= 4 is 17.3 Å². The highest BCUT2D eigenvalue weighted by Gasteiger charge is 2.11. The second-order valence-electron chi connectivity index (χ2n) is 5.29. The number of hydrogen-bond acceptors (Lipinski definition) is 1. The van der Waals surface area contributed by atoms with Crippen molar-refractivity contribution in [2.24, 2.45) is 0 Å². The van der Waals surface area contributed by atoms with Gasteiger partial charge < -0.3 is 4.90 Å². The molecule has 0 aliphatic carbocycles. The lowest BCUT2D eigenvalue weighted by atomic mass is 10.00. The van der Waals surface area contributed by atoms with Crippen LogP contribution in [-0.4, -0.2) is 13.6 Å². The van der Waals surface area contributed by atoms with E-state index in [1.807, 2.05) is 12.1 Å². The topological polar surface area (TPSA) is 17.3 Å². The molecule has 1 heterocycles. The summed E-state index contributed by atoms with van der Waals surface area (Å²) in [4.78, 5) is 2.26. The SMILES string of the molecule is CN(Cc1ccc(Cl)cc1)c1ccc2c(c1)C[N]CC2. The first-order valence-electron chi connectivity index (χ1n) is 6.93. The van der Waals surface area contributed by atoms with Crippen LogP contribution in [0.15, 0.2) is 42.5 Å². The lowest BCUT2D eigenvalue weighted by Crippen LogP contribution is -2.20. The van der Waals surface area contributed by atoms with Gasteiger partial charge in [-0.2, -0.15) is 0 Å². The molecule has 0 spiro atoms. The Morgan fingerprint density at radius 1 is 1.10 bits per heavy atom. The average Bonchev–Trinajstić information content (AvgIpc) is 2.49. The molecule has 3 rings (SSSR count). The summed E-state index contributed by atoms with van der Waals surface area (Å²) >= 11 is 5.92. The van der Waals surface area contributed by atoms with Gasteiger partial charge in [-0.25, -0.2) is 5.32 Å². The molecule has 1 aliphatic rings. The van der Waals surface area contributed by atoms with Crippen molar-refractivity contribution in [3.63, 3.8) is 0 Å². The van der Waals surface area contributed by atoms with E-state index < -0.39 is 0 Å². The fraction of sp³-hybridized carbons (Fsp3) is 0.294. The van der Waals surface area contributed by atoms with Gasteiger partial charge in [-0.15, -0.1) is 0 Å². The van der Waals surface area contributed by atoms with Gasteiger partial charge in [0.2, 0.25) is 0 Å². The molecule has 0 fully saturated rings. The highest BCUT2D eigenvalue weighted by molar-refractivity contribution is 6.30. The van der Waals surface area contributed by atoms with Crippen molar-refractivity contribution in [3.05, 3.63) is 64.2 Å². The highest BCUT2D eigenvalue weighted by Crippen LogP contribution is 2.23. The molecule has 2 aromatic rings. The molecule has 1 aliphatic heterocycles. The quantitative estimate of drug-likeness (QED) is 0.842. The van der Waals surface area contributed by atoms with Gasteiger partial charge >= 0.3 is 0 Å². The number of rotatable bonds is 3. The summed E-state index contributed by atoms with van der Waals surface area (Å²) in [6, 6.07) is 14.8. The third-order valence-corrected chi connectivity index (χ3v) is 4.04. The van der Waals surface area contributed by atoms with Gasteiger partial charge in [-0.3, -0.25) is 0 Å². The van der Waals surface area contributed by atoms with Gasteiger partial charge in [-0.05, 0) is 47.4 Å². The van der Waals surface area contributed by atoms with Crippen LogP contribution in [0.2, 0.25) is 5.02 Å². The smallest absolute Gasteiger partial charge is 0.0426 e. The molecule has 0 saturated heterocycles. The molecule has 0 unspecified atom stereocenters. The average molecular weight is 286 g/mol. The lowest BCUT2D eigenvalue weighted by molar-refractivity contribution is 0.630. The Bertz CT molecular complexity index is 592. The maximum absolute atomic E-state index is 5.92. The molecular weight excluding hydrogens is 268 g/mol. The first-order chi connectivity index (χ1) is 9.72. The standard InChI is InChI=1S/C17H18ClN2/c1-20(12-13-2-5-16(18)6-3-13)17-7-4-14-8-9-19-11-15(14)10-17/h2-7,10H,8-9,11-12H2,1H3. The van der Waals surface area contributed by atoms with Crippen LogP contribution in [-0.2, 0) is 19.5 Å². The van der Waals surface area contributed by atoms with Crippen molar-refractivity contribution < 1.29 is 0 Å². The minimum absolute atomic E-state index is 0.784. The van der Waals surface area contributed by atoms with Gasteiger partial charge in [0, 0.05) is 37.4 Å². The summed E-state index contributed by atoms with van der Waals surface area (Å²) in [6.07, 6.45) is 1.08. The first-order valence-corrected chi connectivity index (χ1v) is 7.31. The zero-order valence-electron chi connectivity index (χ0n) is 11.6. The molecule has 0 bridgehead atoms. The third-order valence-electron chi connectivity index (χ3n) is 3.79. The summed E-state index contributed by atoms with van der Waals surface area (Å²) in [6.45, 7) is 2.71. The molecule has 2 nitrogen and oxygen atoms in total. The fourth-order valence-corrected chi connectivity index (χ4v) is 2.72. The fourth-order valence-electron chi connectivity index (χ4n) is 2.59. The van der Waals surface area contributed by atoms with E-state index in [-0.39, 0.29) is 0 Å². The van der Waals surface area contributed by atoms with Gasteiger partial charge in [-0.1, -0.05) is 29.8 Å². The van der Waals surface area contributed by atoms with Gasteiger partial charge in [0.1, 0.15) is 0 Å². The number of fused-ring (bicyclic) bond motifs is 1. The van der Waals surface area contributed by atoms with Crippen LogP contribution in [0.1, 0.15) is 16.7 Å². The first kappa shape index (κ1) is 13.5. The number of benzene rings is 2. The van der Waals surface area contributed by atoms with Crippen LogP contribution in [0, 0.1) is 0 Å². The largest absolute Gasteiger partial charge is 0.370 e. The minimum atomic E-state index is 0.784. The van der Waals surface area contributed by atoms with E-state index in [4.69, 9.17) is 11.6 Å². The van der Waals surface area contributed by atoms with E-state index in [1.54, 1.807) is 0 Å². The molecule has 3 heteroatoms. The molecule has 0 atom stereocenters. The number of nitrogens with zero attached hydrogens (tertiary/aromatic N) is 2. The summed E-state index contributed by atoms with van der Waals surface area (Å²) in [5.74, 6) is 0. The molecule has 0 saturated carbocycles.